The molecule has 1 atom stereocenters. The predicted octanol–water partition coefficient (Wildman–Crippen LogP) is 1.73. The number of phenolic OH excluding ortho intramolecular Hbond substituents is 1. The fraction of sp³-hybridized carbons (Fsp3) is 0.250. The van der Waals surface area contributed by atoms with E-state index < -0.39 is 11.0 Å². The molecule has 0 amide bonds. The van der Waals surface area contributed by atoms with Crippen LogP contribution in [0.2, 0.25) is 0 Å². The zero-order valence-electron chi connectivity index (χ0n) is 6.60. The van der Waals surface area contributed by atoms with Crippen LogP contribution >= 0.6 is 0 Å². The summed E-state index contributed by atoms with van der Waals surface area (Å²) in [6.07, 6.45) is 0. The van der Waals surface area contributed by atoms with Crippen molar-refractivity contribution in [2.24, 2.45) is 0 Å². The van der Waals surface area contributed by atoms with Gasteiger partial charge in [-0.2, -0.15) is 0 Å². The van der Waals surface area contributed by atoms with Crippen LogP contribution in [0.15, 0.2) is 24.3 Å². The van der Waals surface area contributed by atoms with Gasteiger partial charge in [0.1, 0.15) is 5.75 Å². The summed E-state index contributed by atoms with van der Waals surface area (Å²) in [7, 11) is 0. The first-order valence-corrected chi connectivity index (χ1v) is 3.53. The minimum atomic E-state index is -0.767. The summed E-state index contributed by atoms with van der Waals surface area (Å²) in [5.74, 6) is 0.0567. The van der Waals surface area contributed by atoms with E-state index in [-0.39, 0.29) is 5.75 Å². The van der Waals surface area contributed by atoms with E-state index in [4.69, 9.17) is 5.11 Å². The summed E-state index contributed by atoms with van der Waals surface area (Å²) in [6.45, 7) is 1.48. The van der Waals surface area contributed by atoms with Crippen LogP contribution in [0.5, 0.6) is 5.75 Å². The first kappa shape index (κ1) is 8.52. The monoisotopic (exact) mass is 167 g/mol. The molecule has 0 fully saturated rings. The second-order valence-corrected chi connectivity index (χ2v) is 2.56. The van der Waals surface area contributed by atoms with Crippen LogP contribution in [0.4, 0.5) is 0 Å². The van der Waals surface area contributed by atoms with Crippen molar-refractivity contribution in [1.29, 1.82) is 0 Å². The normalized spacial score (nSPS) is 12.4. The summed E-state index contributed by atoms with van der Waals surface area (Å²) in [5.41, 5.74) is 0.514. The predicted molar refractivity (Wildman–Crippen MR) is 43.5 cm³/mol. The lowest BCUT2D eigenvalue weighted by Crippen LogP contribution is -2.05. The summed E-state index contributed by atoms with van der Waals surface area (Å²) in [4.78, 5) is 9.94. The van der Waals surface area contributed by atoms with Gasteiger partial charge in [-0.3, -0.25) is 10.1 Å². The molecule has 0 aliphatic rings. The Balaban J connectivity index is 2.95. The number of hydrogen-bond acceptors (Lipinski definition) is 3. The van der Waals surface area contributed by atoms with E-state index in [2.05, 4.69) is 0 Å². The van der Waals surface area contributed by atoms with Crippen LogP contribution in [0.1, 0.15) is 18.5 Å². The molecule has 0 saturated heterocycles. The SMILES string of the molecule is CC(c1cccc(O)c1)[N+](=O)[O-]. The molecule has 4 nitrogen and oxygen atoms in total. The van der Waals surface area contributed by atoms with Crippen LogP contribution < -0.4 is 0 Å². The number of benzene rings is 1. The van der Waals surface area contributed by atoms with Gasteiger partial charge in [-0.05, 0) is 12.1 Å². The van der Waals surface area contributed by atoms with Gasteiger partial charge in [0.2, 0.25) is 6.04 Å². The Morgan fingerprint density at radius 3 is 2.75 bits per heavy atom. The van der Waals surface area contributed by atoms with Gasteiger partial charge in [-0.15, -0.1) is 0 Å². The van der Waals surface area contributed by atoms with Crippen molar-refractivity contribution in [1.82, 2.24) is 0 Å². The van der Waals surface area contributed by atoms with Gasteiger partial charge in [0.05, 0.1) is 0 Å². The average molecular weight is 167 g/mol. The lowest BCUT2D eigenvalue weighted by molar-refractivity contribution is -0.524. The van der Waals surface area contributed by atoms with E-state index in [0.717, 1.165) is 0 Å². The van der Waals surface area contributed by atoms with Crippen molar-refractivity contribution in [2.45, 2.75) is 13.0 Å². The summed E-state index contributed by atoms with van der Waals surface area (Å²) >= 11 is 0. The number of nitrogens with zero attached hydrogens (tertiary/aromatic N) is 1. The first-order valence-electron chi connectivity index (χ1n) is 3.53. The van der Waals surface area contributed by atoms with Crippen molar-refractivity contribution in [3.8, 4) is 5.75 Å². The summed E-state index contributed by atoms with van der Waals surface area (Å²) in [5, 5.41) is 19.4. The zero-order chi connectivity index (χ0) is 9.14. The van der Waals surface area contributed by atoms with Crippen LogP contribution in [0.25, 0.3) is 0 Å². The Hall–Kier alpha value is -1.58. The molecule has 0 aliphatic heterocycles. The standard InChI is InChI=1S/C8H9NO3/c1-6(9(11)12)7-3-2-4-8(10)5-7/h2-6,10H,1H3. The van der Waals surface area contributed by atoms with Gasteiger partial charge < -0.3 is 5.11 Å². The lowest BCUT2D eigenvalue weighted by Gasteiger charge is -2.03. The van der Waals surface area contributed by atoms with E-state index >= 15 is 0 Å². The van der Waals surface area contributed by atoms with Gasteiger partial charge in [0.25, 0.3) is 0 Å². The maximum Gasteiger partial charge on any atom is 0.235 e. The minimum absolute atomic E-state index is 0.0567. The number of nitro groups is 1. The quantitative estimate of drug-likeness (QED) is 0.538. The van der Waals surface area contributed by atoms with Crippen LogP contribution in [-0.4, -0.2) is 10.0 Å². The molecular formula is C8H9NO3. The van der Waals surface area contributed by atoms with Gasteiger partial charge in [0.15, 0.2) is 0 Å². The van der Waals surface area contributed by atoms with Crippen molar-refractivity contribution in [3.63, 3.8) is 0 Å². The van der Waals surface area contributed by atoms with Gasteiger partial charge in [-0.1, -0.05) is 12.1 Å². The molecule has 1 unspecified atom stereocenters. The fourth-order valence-corrected chi connectivity index (χ4v) is 0.906. The van der Waals surface area contributed by atoms with Crippen LogP contribution in [0.3, 0.4) is 0 Å². The third kappa shape index (κ3) is 1.72. The van der Waals surface area contributed by atoms with Crippen molar-refractivity contribution >= 4 is 0 Å². The van der Waals surface area contributed by atoms with E-state index in [1.807, 2.05) is 0 Å². The molecule has 64 valence electrons. The Labute approximate surface area is 69.6 Å². The van der Waals surface area contributed by atoms with Crippen molar-refractivity contribution in [3.05, 3.63) is 39.9 Å². The van der Waals surface area contributed by atoms with E-state index in [1.165, 1.54) is 19.1 Å². The Bertz CT molecular complexity index is 298. The molecule has 0 saturated carbocycles. The highest BCUT2D eigenvalue weighted by molar-refractivity contribution is 5.28. The molecule has 1 aromatic rings. The lowest BCUT2D eigenvalue weighted by atomic mass is 10.1. The molecule has 1 N–H and O–H groups in total. The second kappa shape index (κ2) is 3.21. The first-order chi connectivity index (χ1) is 5.61. The van der Waals surface area contributed by atoms with Crippen molar-refractivity contribution in [2.75, 3.05) is 0 Å². The van der Waals surface area contributed by atoms with Crippen LogP contribution in [0, 0.1) is 10.1 Å². The summed E-state index contributed by atoms with van der Waals surface area (Å²) < 4.78 is 0. The molecular weight excluding hydrogens is 158 g/mol. The fourth-order valence-electron chi connectivity index (χ4n) is 0.906. The molecule has 0 aliphatic carbocycles. The topological polar surface area (TPSA) is 63.4 Å². The molecule has 12 heavy (non-hydrogen) atoms. The number of hydrogen-bond donors (Lipinski definition) is 1. The Morgan fingerprint density at radius 1 is 1.58 bits per heavy atom. The smallest absolute Gasteiger partial charge is 0.235 e. The van der Waals surface area contributed by atoms with Crippen LogP contribution in [-0.2, 0) is 0 Å². The molecule has 0 bridgehead atoms. The van der Waals surface area contributed by atoms with Crippen molar-refractivity contribution < 1.29 is 10.0 Å². The minimum Gasteiger partial charge on any atom is -0.508 e. The molecule has 1 rings (SSSR count). The number of phenols is 1. The molecule has 0 spiro atoms. The molecule has 4 heteroatoms. The highest BCUT2D eigenvalue weighted by Crippen LogP contribution is 2.19. The zero-order valence-corrected chi connectivity index (χ0v) is 6.60. The van der Waals surface area contributed by atoms with Gasteiger partial charge in [0, 0.05) is 17.4 Å². The van der Waals surface area contributed by atoms with E-state index in [0.29, 0.717) is 5.56 Å². The molecule has 0 heterocycles. The molecule has 1 aromatic carbocycles. The average Bonchev–Trinajstić information content (AvgIpc) is 2.03. The number of rotatable bonds is 2. The Kier molecular flexibility index (Phi) is 2.28. The van der Waals surface area contributed by atoms with E-state index in [1.54, 1.807) is 12.1 Å². The van der Waals surface area contributed by atoms with Gasteiger partial charge >= 0.3 is 0 Å². The third-order valence-electron chi connectivity index (χ3n) is 1.67. The highest BCUT2D eigenvalue weighted by atomic mass is 16.6. The summed E-state index contributed by atoms with van der Waals surface area (Å²) in [6, 6.07) is 5.32. The third-order valence-corrected chi connectivity index (χ3v) is 1.67. The Morgan fingerprint density at radius 2 is 2.25 bits per heavy atom. The van der Waals surface area contributed by atoms with Gasteiger partial charge in [-0.25, -0.2) is 0 Å². The molecule has 0 aromatic heterocycles. The second-order valence-electron chi connectivity index (χ2n) is 2.56. The maximum atomic E-state index is 10.3. The van der Waals surface area contributed by atoms with E-state index in [9.17, 15) is 10.1 Å². The molecule has 0 radical (unpaired) electrons. The maximum absolute atomic E-state index is 10.3. The largest absolute Gasteiger partial charge is 0.508 e. The highest BCUT2D eigenvalue weighted by Gasteiger charge is 2.15. The number of aromatic hydroxyl groups is 1.